The predicted octanol–water partition coefficient (Wildman–Crippen LogP) is 2.48. The SMILES string of the molecule is CC.CC1(C)C=NC=CC=C1N. The van der Waals surface area contributed by atoms with Gasteiger partial charge in [-0.3, -0.25) is 4.99 Å². The number of hydrogen-bond acceptors (Lipinski definition) is 2. The Kier molecular flexibility index (Phi) is 4.34. The molecule has 1 aliphatic heterocycles. The van der Waals surface area contributed by atoms with Crippen LogP contribution < -0.4 is 5.73 Å². The summed E-state index contributed by atoms with van der Waals surface area (Å²) in [5.74, 6) is 0. The highest BCUT2D eigenvalue weighted by atomic mass is 14.7. The minimum Gasteiger partial charge on any atom is -0.401 e. The summed E-state index contributed by atoms with van der Waals surface area (Å²) in [6.07, 6.45) is 7.32. The third-order valence-corrected chi connectivity index (χ3v) is 1.59. The molecule has 2 nitrogen and oxygen atoms in total. The largest absolute Gasteiger partial charge is 0.401 e. The molecule has 0 amide bonds. The smallest absolute Gasteiger partial charge is 0.0395 e. The maximum absolute atomic E-state index is 5.73. The Bertz CT molecular complexity index is 210. The van der Waals surface area contributed by atoms with Crippen molar-refractivity contribution in [1.82, 2.24) is 0 Å². The molecule has 1 rings (SSSR count). The molecule has 0 spiro atoms. The van der Waals surface area contributed by atoms with E-state index in [4.69, 9.17) is 5.73 Å². The van der Waals surface area contributed by atoms with E-state index in [0.29, 0.717) is 0 Å². The lowest BCUT2D eigenvalue weighted by atomic mass is 9.91. The molecule has 1 heterocycles. The van der Waals surface area contributed by atoms with Crippen LogP contribution in [0.2, 0.25) is 0 Å². The topological polar surface area (TPSA) is 38.4 Å². The lowest BCUT2D eigenvalue weighted by Crippen LogP contribution is -2.21. The van der Waals surface area contributed by atoms with Crippen LogP contribution in [0.25, 0.3) is 0 Å². The van der Waals surface area contributed by atoms with Crippen LogP contribution in [0.1, 0.15) is 27.7 Å². The molecule has 0 fully saturated rings. The zero-order chi connectivity index (χ0) is 9.61. The van der Waals surface area contributed by atoms with Gasteiger partial charge in [-0.1, -0.05) is 13.8 Å². The van der Waals surface area contributed by atoms with Crippen molar-refractivity contribution in [2.75, 3.05) is 0 Å². The summed E-state index contributed by atoms with van der Waals surface area (Å²) in [5.41, 5.74) is 6.49. The summed E-state index contributed by atoms with van der Waals surface area (Å²) in [6.45, 7) is 8.07. The number of hydrogen-bond donors (Lipinski definition) is 1. The van der Waals surface area contributed by atoms with Gasteiger partial charge in [-0.05, 0) is 26.0 Å². The van der Waals surface area contributed by atoms with E-state index in [2.05, 4.69) is 4.99 Å². The van der Waals surface area contributed by atoms with Gasteiger partial charge in [0.15, 0.2) is 0 Å². The molecule has 0 aromatic carbocycles. The highest BCUT2D eigenvalue weighted by Gasteiger charge is 2.17. The van der Waals surface area contributed by atoms with Crippen molar-refractivity contribution in [3.63, 3.8) is 0 Å². The fourth-order valence-electron chi connectivity index (χ4n) is 0.715. The van der Waals surface area contributed by atoms with Gasteiger partial charge >= 0.3 is 0 Å². The van der Waals surface area contributed by atoms with Crippen LogP contribution in [-0.4, -0.2) is 6.21 Å². The molecule has 1 aliphatic rings. The minimum absolute atomic E-state index is 0.0938. The first-order valence-corrected chi connectivity index (χ1v) is 4.30. The van der Waals surface area contributed by atoms with E-state index in [1.54, 1.807) is 6.20 Å². The summed E-state index contributed by atoms with van der Waals surface area (Å²) in [7, 11) is 0. The average molecular weight is 166 g/mol. The van der Waals surface area contributed by atoms with Crippen molar-refractivity contribution in [2.45, 2.75) is 27.7 Å². The molecule has 0 bridgehead atoms. The quantitative estimate of drug-likeness (QED) is 0.590. The number of allylic oxidation sites excluding steroid dienone is 3. The van der Waals surface area contributed by atoms with Crippen molar-refractivity contribution in [3.8, 4) is 0 Å². The van der Waals surface area contributed by atoms with Crippen LogP contribution in [-0.2, 0) is 0 Å². The second-order valence-electron chi connectivity index (χ2n) is 2.96. The van der Waals surface area contributed by atoms with E-state index in [0.717, 1.165) is 5.70 Å². The lowest BCUT2D eigenvalue weighted by molar-refractivity contribution is 0.635. The fourth-order valence-corrected chi connectivity index (χ4v) is 0.715. The zero-order valence-electron chi connectivity index (χ0n) is 8.33. The van der Waals surface area contributed by atoms with Gasteiger partial charge in [-0.15, -0.1) is 0 Å². The average Bonchev–Trinajstić information content (AvgIpc) is 2.19. The Morgan fingerprint density at radius 2 is 1.92 bits per heavy atom. The maximum atomic E-state index is 5.73. The highest BCUT2D eigenvalue weighted by molar-refractivity contribution is 5.70. The normalized spacial score (nSPS) is 18.8. The number of nitrogens with zero attached hydrogens (tertiary/aromatic N) is 1. The van der Waals surface area contributed by atoms with E-state index >= 15 is 0 Å². The Labute approximate surface area is 74.9 Å². The van der Waals surface area contributed by atoms with Crippen LogP contribution in [0.4, 0.5) is 0 Å². The second-order valence-corrected chi connectivity index (χ2v) is 2.96. The van der Waals surface area contributed by atoms with E-state index in [-0.39, 0.29) is 5.41 Å². The van der Waals surface area contributed by atoms with E-state index in [9.17, 15) is 0 Å². The Morgan fingerprint density at radius 3 is 2.50 bits per heavy atom. The van der Waals surface area contributed by atoms with Gasteiger partial charge in [0.25, 0.3) is 0 Å². The van der Waals surface area contributed by atoms with Crippen LogP contribution in [0.5, 0.6) is 0 Å². The second kappa shape index (κ2) is 4.75. The molecule has 68 valence electrons. The van der Waals surface area contributed by atoms with E-state index < -0.39 is 0 Å². The van der Waals surface area contributed by atoms with Gasteiger partial charge < -0.3 is 5.73 Å². The van der Waals surface area contributed by atoms with Crippen molar-refractivity contribution in [1.29, 1.82) is 0 Å². The molecule has 0 unspecified atom stereocenters. The van der Waals surface area contributed by atoms with Crippen molar-refractivity contribution < 1.29 is 0 Å². The molecule has 0 saturated carbocycles. The first kappa shape index (κ1) is 11.0. The van der Waals surface area contributed by atoms with Crippen LogP contribution in [0.3, 0.4) is 0 Å². The summed E-state index contributed by atoms with van der Waals surface area (Å²) in [5, 5.41) is 0. The third kappa shape index (κ3) is 2.91. The van der Waals surface area contributed by atoms with Crippen LogP contribution >= 0.6 is 0 Å². The van der Waals surface area contributed by atoms with Crippen LogP contribution in [0, 0.1) is 5.41 Å². The van der Waals surface area contributed by atoms with Crippen molar-refractivity contribution in [2.24, 2.45) is 16.1 Å². The van der Waals surface area contributed by atoms with Gasteiger partial charge in [-0.2, -0.15) is 0 Å². The fraction of sp³-hybridized carbons (Fsp3) is 0.500. The molecule has 12 heavy (non-hydrogen) atoms. The number of nitrogens with two attached hydrogens (primary N) is 1. The van der Waals surface area contributed by atoms with Crippen molar-refractivity contribution >= 4 is 6.21 Å². The van der Waals surface area contributed by atoms with E-state index in [1.165, 1.54) is 0 Å². The molecule has 0 aromatic heterocycles. The van der Waals surface area contributed by atoms with Gasteiger partial charge in [-0.25, -0.2) is 0 Å². The summed E-state index contributed by atoms with van der Waals surface area (Å²) in [4.78, 5) is 4.04. The predicted molar refractivity (Wildman–Crippen MR) is 55.0 cm³/mol. The molecular formula is C10H18N2. The molecule has 0 saturated heterocycles. The van der Waals surface area contributed by atoms with Gasteiger partial charge in [0.2, 0.25) is 0 Å². The molecule has 0 aromatic rings. The van der Waals surface area contributed by atoms with Gasteiger partial charge in [0.05, 0.1) is 0 Å². The zero-order valence-corrected chi connectivity index (χ0v) is 8.33. The monoisotopic (exact) mass is 166 g/mol. The first-order valence-electron chi connectivity index (χ1n) is 4.30. The highest BCUT2D eigenvalue weighted by Crippen LogP contribution is 2.20. The van der Waals surface area contributed by atoms with Crippen LogP contribution in [0.15, 0.2) is 29.0 Å². The van der Waals surface area contributed by atoms with Gasteiger partial charge in [0, 0.05) is 23.5 Å². The minimum atomic E-state index is -0.0938. The molecule has 0 atom stereocenters. The lowest BCUT2D eigenvalue weighted by Gasteiger charge is -2.17. The Balaban J connectivity index is 0.000000561. The Hall–Kier alpha value is -1.05. The molecule has 2 heteroatoms. The standard InChI is InChI=1S/C8H12N2.C2H6/c1-8(2)6-10-5-3-4-7(8)9;1-2/h3-6H,9H2,1-2H3;1-2H3. The van der Waals surface area contributed by atoms with Crippen molar-refractivity contribution in [3.05, 3.63) is 24.0 Å². The number of rotatable bonds is 0. The Morgan fingerprint density at radius 1 is 1.33 bits per heavy atom. The van der Waals surface area contributed by atoms with Gasteiger partial charge in [0.1, 0.15) is 0 Å². The molecule has 0 radical (unpaired) electrons. The molecular weight excluding hydrogens is 148 g/mol. The first-order chi connectivity index (χ1) is 5.63. The third-order valence-electron chi connectivity index (χ3n) is 1.59. The summed E-state index contributed by atoms with van der Waals surface area (Å²) in [6, 6.07) is 0. The maximum Gasteiger partial charge on any atom is 0.0395 e. The summed E-state index contributed by atoms with van der Waals surface area (Å²) < 4.78 is 0. The van der Waals surface area contributed by atoms with E-state index in [1.807, 2.05) is 46.1 Å². The molecule has 0 aliphatic carbocycles. The number of aliphatic imine (C=N–C) groups is 1. The molecule has 2 N–H and O–H groups in total. The summed E-state index contributed by atoms with van der Waals surface area (Å²) >= 11 is 0.